The minimum Gasteiger partial charge on any atom is -0.482 e. The Morgan fingerprint density at radius 2 is 1.95 bits per heavy atom. The number of hydrogen-bond acceptors (Lipinski definition) is 3. The number of benzene rings is 2. The Morgan fingerprint density at radius 1 is 1.21 bits per heavy atom. The van der Waals surface area contributed by atoms with Gasteiger partial charge in [0.25, 0.3) is 0 Å². The fourth-order valence-electron chi connectivity index (χ4n) is 1.75. The lowest BCUT2D eigenvalue weighted by Crippen LogP contribution is -2.02. The smallest absolute Gasteiger partial charge is 0.313 e. The molecule has 0 heterocycles. The van der Waals surface area contributed by atoms with E-state index in [1.807, 2.05) is 0 Å². The monoisotopic (exact) mass is 261 g/mol. The van der Waals surface area contributed by atoms with E-state index in [-0.39, 0.29) is 18.0 Å². The first-order valence-electron chi connectivity index (χ1n) is 5.70. The molecule has 0 aliphatic heterocycles. The first kappa shape index (κ1) is 13.0. The second-order valence-electron chi connectivity index (χ2n) is 4.06. The average molecular weight is 261 g/mol. The molecular formula is C14H12FNO3. The van der Waals surface area contributed by atoms with Crippen molar-refractivity contribution in [2.75, 3.05) is 0 Å². The molecule has 0 atom stereocenters. The fraction of sp³-hybridized carbons (Fsp3) is 0.143. The summed E-state index contributed by atoms with van der Waals surface area (Å²) in [5.41, 5.74) is 0.785. The van der Waals surface area contributed by atoms with Gasteiger partial charge in [0.05, 0.1) is 4.92 Å². The van der Waals surface area contributed by atoms with E-state index in [0.29, 0.717) is 11.1 Å². The molecule has 98 valence electrons. The maximum atomic E-state index is 13.4. The number of halogens is 1. The third kappa shape index (κ3) is 2.88. The maximum Gasteiger partial charge on any atom is 0.313 e. The highest BCUT2D eigenvalue weighted by atomic mass is 19.1. The Morgan fingerprint density at radius 3 is 2.63 bits per heavy atom. The first-order valence-corrected chi connectivity index (χ1v) is 5.70. The maximum absolute atomic E-state index is 13.4. The Balaban J connectivity index is 2.23. The molecule has 0 fully saturated rings. The Bertz CT molecular complexity index is 613. The van der Waals surface area contributed by atoms with Crippen LogP contribution in [-0.4, -0.2) is 4.92 Å². The fourth-order valence-corrected chi connectivity index (χ4v) is 1.75. The van der Waals surface area contributed by atoms with Gasteiger partial charge in [-0.3, -0.25) is 10.1 Å². The van der Waals surface area contributed by atoms with Crippen molar-refractivity contribution in [3.05, 3.63) is 69.5 Å². The molecule has 2 rings (SSSR count). The summed E-state index contributed by atoms with van der Waals surface area (Å²) < 4.78 is 18.8. The molecule has 2 aromatic rings. The van der Waals surface area contributed by atoms with E-state index in [1.54, 1.807) is 37.3 Å². The van der Waals surface area contributed by atoms with Crippen molar-refractivity contribution in [2.45, 2.75) is 13.5 Å². The number of rotatable bonds is 4. The van der Waals surface area contributed by atoms with Crippen LogP contribution in [0.4, 0.5) is 10.1 Å². The van der Waals surface area contributed by atoms with Crippen molar-refractivity contribution in [1.82, 2.24) is 0 Å². The number of hydrogen-bond donors (Lipinski definition) is 0. The average Bonchev–Trinajstić information content (AvgIpc) is 2.37. The summed E-state index contributed by atoms with van der Waals surface area (Å²) in [5.74, 6) is -0.244. The number of nitrogens with zero attached hydrogens (tertiary/aromatic N) is 1. The molecule has 0 saturated carbocycles. The molecule has 0 aliphatic carbocycles. The van der Waals surface area contributed by atoms with Crippen LogP contribution in [-0.2, 0) is 6.61 Å². The van der Waals surface area contributed by atoms with Crippen LogP contribution in [0.1, 0.15) is 11.1 Å². The van der Waals surface area contributed by atoms with Gasteiger partial charge in [0.15, 0.2) is 5.75 Å². The lowest BCUT2D eigenvalue weighted by Gasteiger charge is -2.08. The number of aryl methyl sites for hydroxylation is 1. The Kier molecular flexibility index (Phi) is 3.75. The molecule has 19 heavy (non-hydrogen) atoms. The third-order valence-corrected chi connectivity index (χ3v) is 2.72. The molecule has 0 amide bonds. The molecule has 0 saturated heterocycles. The molecule has 2 aromatic carbocycles. The molecule has 0 unspecified atom stereocenters. The van der Waals surface area contributed by atoms with Crippen LogP contribution in [0.3, 0.4) is 0 Å². The predicted octanol–water partition coefficient (Wildman–Crippen LogP) is 3.62. The number of nitro groups is 1. The van der Waals surface area contributed by atoms with Crippen molar-refractivity contribution in [2.24, 2.45) is 0 Å². The lowest BCUT2D eigenvalue weighted by molar-refractivity contribution is -0.386. The SMILES string of the molecule is Cc1cccc(OCc2ccccc2F)c1[N+](=O)[O-]. The summed E-state index contributed by atoms with van der Waals surface area (Å²) in [7, 11) is 0. The first-order chi connectivity index (χ1) is 9.09. The van der Waals surface area contributed by atoms with E-state index in [2.05, 4.69) is 0 Å². The van der Waals surface area contributed by atoms with E-state index in [4.69, 9.17) is 4.74 Å². The summed E-state index contributed by atoms with van der Waals surface area (Å²) in [6, 6.07) is 11.0. The normalized spacial score (nSPS) is 10.2. The van der Waals surface area contributed by atoms with Gasteiger partial charge in [-0.1, -0.05) is 30.3 Å². The van der Waals surface area contributed by atoms with Crippen molar-refractivity contribution in [3.8, 4) is 5.75 Å². The van der Waals surface area contributed by atoms with Crippen molar-refractivity contribution in [3.63, 3.8) is 0 Å². The summed E-state index contributed by atoms with van der Waals surface area (Å²) in [6.07, 6.45) is 0. The van der Waals surface area contributed by atoms with E-state index < -0.39 is 10.7 Å². The van der Waals surface area contributed by atoms with Gasteiger partial charge in [0.1, 0.15) is 12.4 Å². The third-order valence-electron chi connectivity index (χ3n) is 2.72. The molecule has 0 aliphatic rings. The van der Waals surface area contributed by atoms with E-state index in [0.717, 1.165) is 0 Å². The largest absolute Gasteiger partial charge is 0.482 e. The van der Waals surface area contributed by atoms with Crippen LogP contribution >= 0.6 is 0 Å². The highest BCUT2D eigenvalue weighted by molar-refractivity contribution is 5.52. The van der Waals surface area contributed by atoms with E-state index in [1.165, 1.54) is 12.1 Å². The van der Waals surface area contributed by atoms with Crippen molar-refractivity contribution >= 4 is 5.69 Å². The van der Waals surface area contributed by atoms with E-state index in [9.17, 15) is 14.5 Å². The molecule has 0 spiro atoms. The number of ether oxygens (including phenoxy) is 1. The quantitative estimate of drug-likeness (QED) is 0.624. The second kappa shape index (κ2) is 5.48. The zero-order valence-corrected chi connectivity index (χ0v) is 10.3. The standard InChI is InChI=1S/C14H12FNO3/c1-10-5-4-8-13(14(10)16(17)18)19-9-11-6-2-3-7-12(11)15/h2-8H,9H2,1H3. The topological polar surface area (TPSA) is 52.4 Å². The van der Waals surface area contributed by atoms with Gasteiger partial charge in [0.2, 0.25) is 0 Å². The molecule has 5 heteroatoms. The molecule has 0 N–H and O–H groups in total. The van der Waals surface area contributed by atoms with Crippen LogP contribution in [0.25, 0.3) is 0 Å². The van der Waals surface area contributed by atoms with Gasteiger partial charge in [-0.15, -0.1) is 0 Å². The molecular weight excluding hydrogens is 249 g/mol. The molecule has 0 bridgehead atoms. The summed E-state index contributed by atoms with van der Waals surface area (Å²) in [6.45, 7) is 1.59. The van der Waals surface area contributed by atoms with Gasteiger partial charge >= 0.3 is 5.69 Å². The van der Waals surface area contributed by atoms with Gasteiger partial charge < -0.3 is 4.74 Å². The Hall–Kier alpha value is -2.43. The van der Waals surface area contributed by atoms with Crippen LogP contribution < -0.4 is 4.74 Å². The zero-order chi connectivity index (χ0) is 13.8. The van der Waals surface area contributed by atoms with Crippen molar-refractivity contribution in [1.29, 1.82) is 0 Å². The minimum absolute atomic E-state index is 0.0447. The number of para-hydroxylation sites is 1. The minimum atomic E-state index is -0.494. The lowest BCUT2D eigenvalue weighted by atomic mass is 10.2. The summed E-state index contributed by atoms with van der Waals surface area (Å²) in [5, 5.41) is 11.0. The van der Waals surface area contributed by atoms with Crippen molar-refractivity contribution < 1.29 is 14.1 Å². The van der Waals surface area contributed by atoms with Crippen LogP contribution in [0.2, 0.25) is 0 Å². The molecule has 4 nitrogen and oxygen atoms in total. The highest BCUT2D eigenvalue weighted by Gasteiger charge is 2.18. The molecule has 0 radical (unpaired) electrons. The van der Waals surface area contributed by atoms with E-state index >= 15 is 0 Å². The predicted molar refractivity (Wildman–Crippen MR) is 68.6 cm³/mol. The number of nitro benzene ring substituents is 1. The van der Waals surface area contributed by atoms with Crippen LogP contribution in [0, 0.1) is 22.9 Å². The Labute approximate surface area is 109 Å². The highest BCUT2D eigenvalue weighted by Crippen LogP contribution is 2.30. The van der Waals surface area contributed by atoms with Crippen LogP contribution in [0.5, 0.6) is 5.75 Å². The van der Waals surface area contributed by atoms with Gasteiger partial charge in [-0.25, -0.2) is 4.39 Å². The summed E-state index contributed by atoms with van der Waals surface area (Å²) in [4.78, 5) is 10.5. The summed E-state index contributed by atoms with van der Waals surface area (Å²) >= 11 is 0. The van der Waals surface area contributed by atoms with Gasteiger partial charge in [-0.05, 0) is 19.1 Å². The van der Waals surface area contributed by atoms with Crippen LogP contribution in [0.15, 0.2) is 42.5 Å². The molecule has 0 aromatic heterocycles. The van der Waals surface area contributed by atoms with Gasteiger partial charge in [0, 0.05) is 11.1 Å². The van der Waals surface area contributed by atoms with Gasteiger partial charge in [-0.2, -0.15) is 0 Å². The zero-order valence-electron chi connectivity index (χ0n) is 10.3. The second-order valence-corrected chi connectivity index (χ2v) is 4.06.